The molecule has 6 rings (SSSR count). The molecule has 0 amide bonds. The predicted octanol–water partition coefficient (Wildman–Crippen LogP) is 4.97. The first-order valence-corrected chi connectivity index (χ1v) is 13.5. The summed E-state index contributed by atoms with van der Waals surface area (Å²) in [4.78, 5) is 9.21. The van der Waals surface area contributed by atoms with Gasteiger partial charge in [0.25, 0.3) is 0 Å². The van der Waals surface area contributed by atoms with E-state index in [4.69, 9.17) is 9.26 Å². The monoisotopic (exact) mass is 514 g/mol. The largest absolute Gasteiger partial charge is 0.491 e. The van der Waals surface area contributed by atoms with Crippen molar-refractivity contribution >= 4 is 32.3 Å². The van der Waals surface area contributed by atoms with Gasteiger partial charge in [-0.3, -0.25) is 9.80 Å². The lowest BCUT2D eigenvalue weighted by Crippen LogP contribution is -2.48. The van der Waals surface area contributed by atoms with Crippen LogP contribution in [0.1, 0.15) is 10.7 Å². The first-order valence-electron chi connectivity index (χ1n) is 12.7. The van der Waals surface area contributed by atoms with Crippen molar-refractivity contribution in [1.29, 1.82) is 0 Å². The summed E-state index contributed by atoms with van der Waals surface area (Å²) < 4.78 is 12.4. The van der Waals surface area contributed by atoms with Gasteiger partial charge in [-0.05, 0) is 35.4 Å². The Bertz CT molecular complexity index is 1500. The van der Waals surface area contributed by atoms with Crippen LogP contribution >= 0.6 is 11.3 Å². The van der Waals surface area contributed by atoms with Crippen LogP contribution in [0.15, 0.2) is 71.4 Å². The van der Waals surface area contributed by atoms with E-state index in [0.29, 0.717) is 6.54 Å². The minimum atomic E-state index is -0.548. The maximum atomic E-state index is 10.6. The van der Waals surface area contributed by atoms with Crippen LogP contribution in [0.5, 0.6) is 5.75 Å². The molecule has 3 heterocycles. The zero-order valence-electron chi connectivity index (χ0n) is 20.8. The molecular formula is C29H30N4O3S. The number of fused-ring (bicyclic) bond motifs is 2. The number of thiazole rings is 1. The summed E-state index contributed by atoms with van der Waals surface area (Å²) in [6.45, 7) is 7.21. The highest BCUT2D eigenvalue weighted by atomic mass is 32.1. The number of benzene rings is 3. The van der Waals surface area contributed by atoms with E-state index in [1.165, 1.54) is 10.8 Å². The average molecular weight is 515 g/mol. The fourth-order valence-corrected chi connectivity index (χ4v) is 5.86. The Kier molecular flexibility index (Phi) is 6.89. The molecule has 0 radical (unpaired) electrons. The number of aliphatic hydroxyl groups excluding tert-OH is 1. The second-order valence-corrected chi connectivity index (χ2v) is 10.8. The third-order valence-corrected chi connectivity index (χ3v) is 7.89. The van der Waals surface area contributed by atoms with Gasteiger partial charge in [-0.2, -0.15) is 0 Å². The lowest BCUT2D eigenvalue weighted by molar-refractivity contribution is 0.0443. The van der Waals surface area contributed by atoms with Crippen LogP contribution in [-0.2, 0) is 6.54 Å². The van der Waals surface area contributed by atoms with Gasteiger partial charge in [0.2, 0.25) is 0 Å². The van der Waals surface area contributed by atoms with Gasteiger partial charge in [-0.25, -0.2) is 4.98 Å². The molecule has 1 aliphatic rings. The van der Waals surface area contributed by atoms with Crippen LogP contribution in [-0.4, -0.2) is 70.5 Å². The standard InChI is InChI=1S/C29H30N4O3S/c1-20-30-27-15-23(9-10-29(27)37-20)35-18-22(34)16-32-11-13-33(14-12-32)17-28-26(19-36-31-28)25-8-4-6-21-5-2-3-7-24(21)25/h2-10,15,19,22,34H,11-14,16-18H2,1H3/t22-/m1/s1. The highest BCUT2D eigenvalue weighted by molar-refractivity contribution is 7.18. The molecule has 1 atom stereocenters. The van der Waals surface area contributed by atoms with Gasteiger partial charge in [0.15, 0.2) is 0 Å². The molecule has 0 spiro atoms. The van der Waals surface area contributed by atoms with Crippen LogP contribution in [0.3, 0.4) is 0 Å². The van der Waals surface area contributed by atoms with Crippen LogP contribution in [0.25, 0.3) is 32.1 Å². The SMILES string of the molecule is Cc1nc2cc(OC[C@H](O)CN3CCN(Cc4nocc4-c4cccc5ccccc45)CC3)ccc2s1. The molecule has 1 fully saturated rings. The number of aliphatic hydroxyl groups is 1. The minimum absolute atomic E-state index is 0.266. The fourth-order valence-electron chi connectivity index (χ4n) is 5.05. The number of piperazine rings is 1. The summed E-state index contributed by atoms with van der Waals surface area (Å²) in [7, 11) is 0. The van der Waals surface area contributed by atoms with E-state index < -0.39 is 6.10 Å². The summed E-state index contributed by atoms with van der Waals surface area (Å²) in [5, 5.41) is 18.4. The van der Waals surface area contributed by atoms with Gasteiger partial charge in [0, 0.05) is 50.9 Å². The van der Waals surface area contributed by atoms with Crippen molar-refractivity contribution in [2.75, 3.05) is 39.3 Å². The molecule has 190 valence electrons. The van der Waals surface area contributed by atoms with Gasteiger partial charge < -0.3 is 14.4 Å². The number of nitrogens with zero attached hydrogens (tertiary/aromatic N) is 4. The second kappa shape index (κ2) is 10.6. The van der Waals surface area contributed by atoms with Gasteiger partial charge in [-0.15, -0.1) is 11.3 Å². The normalized spacial score (nSPS) is 15.9. The van der Waals surface area contributed by atoms with E-state index in [1.807, 2.05) is 25.1 Å². The van der Waals surface area contributed by atoms with E-state index in [-0.39, 0.29) is 6.61 Å². The molecule has 7 nitrogen and oxygen atoms in total. The quantitative estimate of drug-likeness (QED) is 0.313. The molecule has 0 unspecified atom stereocenters. The maximum Gasteiger partial charge on any atom is 0.132 e. The first-order chi connectivity index (χ1) is 18.1. The molecule has 0 aliphatic carbocycles. The Morgan fingerprint density at radius 3 is 2.70 bits per heavy atom. The molecule has 1 saturated heterocycles. The Hall–Kier alpha value is -3.30. The van der Waals surface area contributed by atoms with Crippen LogP contribution in [0.4, 0.5) is 0 Å². The summed E-state index contributed by atoms with van der Waals surface area (Å²) in [6, 6.07) is 20.7. The highest BCUT2D eigenvalue weighted by Gasteiger charge is 2.22. The summed E-state index contributed by atoms with van der Waals surface area (Å²) in [5.41, 5.74) is 4.12. The van der Waals surface area contributed by atoms with Crippen LogP contribution in [0.2, 0.25) is 0 Å². The highest BCUT2D eigenvalue weighted by Crippen LogP contribution is 2.31. The topological polar surface area (TPSA) is 74.9 Å². The Labute approximate surface area is 219 Å². The number of aryl methyl sites for hydroxylation is 1. The van der Waals surface area contributed by atoms with E-state index in [9.17, 15) is 5.11 Å². The van der Waals surface area contributed by atoms with Crippen LogP contribution in [0, 0.1) is 6.92 Å². The third kappa shape index (κ3) is 5.38. The molecule has 0 bridgehead atoms. The molecule has 3 aromatic carbocycles. The van der Waals surface area contributed by atoms with Gasteiger partial charge in [-0.1, -0.05) is 47.6 Å². The Morgan fingerprint density at radius 2 is 1.81 bits per heavy atom. The number of rotatable bonds is 8. The lowest BCUT2D eigenvalue weighted by Gasteiger charge is -2.35. The lowest BCUT2D eigenvalue weighted by atomic mass is 9.98. The Balaban J connectivity index is 1.01. The fraction of sp³-hybridized carbons (Fsp3) is 0.310. The van der Waals surface area contributed by atoms with Crippen molar-refractivity contribution in [3.8, 4) is 16.9 Å². The van der Waals surface area contributed by atoms with Crippen molar-refractivity contribution in [2.24, 2.45) is 0 Å². The van der Waals surface area contributed by atoms with Crippen molar-refractivity contribution < 1.29 is 14.4 Å². The Morgan fingerprint density at radius 1 is 1.00 bits per heavy atom. The number of hydrogen-bond donors (Lipinski definition) is 1. The smallest absolute Gasteiger partial charge is 0.132 e. The molecule has 0 saturated carbocycles. The molecule has 2 aromatic heterocycles. The van der Waals surface area contributed by atoms with Crippen molar-refractivity contribution in [3.05, 3.63) is 77.6 Å². The number of hydrogen-bond acceptors (Lipinski definition) is 8. The van der Waals surface area contributed by atoms with Gasteiger partial charge in [0.1, 0.15) is 30.4 Å². The summed E-state index contributed by atoms with van der Waals surface area (Å²) in [5.74, 6) is 0.747. The van der Waals surface area contributed by atoms with E-state index >= 15 is 0 Å². The van der Waals surface area contributed by atoms with Crippen LogP contribution < -0.4 is 4.74 Å². The van der Waals surface area contributed by atoms with Gasteiger partial charge >= 0.3 is 0 Å². The summed E-state index contributed by atoms with van der Waals surface area (Å²) >= 11 is 1.67. The zero-order valence-corrected chi connectivity index (χ0v) is 21.7. The van der Waals surface area contributed by atoms with E-state index in [2.05, 4.69) is 62.4 Å². The second-order valence-electron chi connectivity index (χ2n) is 9.61. The molecular weight excluding hydrogens is 484 g/mol. The maximum absolute atomic E-state index is 10.6. The zero-order chi connectivity index (χ0) is 25.2. The van der Waals surface area contributed by atoms with E-state index in [0.717, 1.165) is 70.5 Å². The summed E-state index contributed by atoms with van der Waals surface area (Å²) in [6.07, 6.45) is 1.21. The molecule has 8 heteroatoms. The third-order valence-electron chi connectivity index (χ3n) is 6.94. The number of ether oxygens (including phenoxy) is 1. The minimum Gasteiger partial charge on any atom is -0.491 e. The van der Waals surface area contributed by atoms with Crippen molar-refractivity contribution in [3.63, 3.8) is 0 Å². The van der Waals surface area contributed by atoms with Crippen molar-refractivity contribution in [2.45, 2.75) is 19.6 Å². The molecule has 5 aromatic rings. The van der Waals surface area contributed by atoms with Crippen molar-refractivity contribution in [1.82, 2.24) is 19.9 Å². The average Bonchev–Trinajstić information content (AvgIpc) is 3.53. The number of β-amino-alcohol motifs (C(OH)–C–C–N with tert-alkyl or cyclic N) is 1. The predicted molar refractivity (Wildman–Crippen MR) is 147 cm³/mol. The molecule has 37 heavy (non-hydrogen) atoms. The molecule has 1 N–H and O–H groups in total. The molecule has 1 aliphatic heterocycles. The number of aromatic nitrogens is 2. The first kappa shape index (κ1) is 24.1. The van der Waals surface area contributed by atoms with E-state index in [1.54, 1.807) is 17.6 Å². The van der Waals surface area contributed by atoms with Gasteiger partial charge in [0.05, 0.1) is 15.2 Å².